The van der Waals surface area contributed by atoms with Crippen LogP contribution in [0.1, 0.15) is 16.7 Å². The van der Waals surface area contributed by atoms with Crippen LogP contribution in [-0.4, -0.2) is 8.07 Å². The Morgan fingerprint density at radius 1 is 0.613 bits per heavy atom. The van der Waals surface area contributed by atoms with E-state index in [9.17, 15) is 0 Å². The van der Waals surface area contributed by atoms with Gasteiger partial charge in [0.1, 0.15) is 8.07 Å². The number of hydrogen-bond donors (Lipinski definition) is 0. The van der Waals surface area contributed by atoms with Gasteiger partial charge < -0.3 is 37.2 Å². The minimum absolute atomic E-state index is 0. The maximum absolute atomic E-state index is 3.63. The fraction of sp³-hybridized carbons (Fsp3) is 0.0769. The van der Waals surface area contributed by atoms with Gasteiger partial charge in [0, 0.05) is 0 Å². The van der Waals surface area contributed by atoms with Crippen molar-refractivity contribution in [1.82, 2.24) is 0 Å². The Labute approximate surface area is 219 Å². The quantitative estimate of drug-likeness (QED) is 0.193. The van der Waals surface area contributed by atoms with Crippen molar-refractivity contribution in [3.63, 3.8) is 0 Å². The van der Waals surface area contributed by atoms with Gasteiger partial charge in [0.05, 0.1) is 0 Å². The van der Waals surface area contributed by atoms with Crippen molar-refractivity contribution >= 4 is 18.4 Å². The topological polar surface area (TPSA) is 0 Å². The van der Waals surface area contributed by atoms with Crippen LogP contribution >= 0.6 is 0 Å². The molecule has 0 spiro atoms. The van der Waals surface area contributed by atoms with Crippen molar-refractivity contribution in [2.45, 2.75) is 12.1 Å². The first kappa shape index (κ1) is 27.7. The van der Waals surface area contributed by atoms with Crippen LogP contribution in [0.2, 0.25) is 6.55 Å². The summed E-state index contributed by atoms with van der Waals surface area (Å²) in [5, 5.41) is 2.95. The van der Waals surface area contributed by atoms with Crippen LogP contribution in [0, 0.1) is 6.07 Å². The van der Waals surface area contributed by atoms with Gasteiger partial charge in [-0.05, 0) is 11.1 Å². The molecule has 1 atom stereocenters. The summed E-state index contributed by atoms with van der Waals surface area (Å²) in [5.41, 5.74) is 5.91. The molecule has 154 valence electrons. The molecule has 0 saturated heterocycles. The molecule has 1 aliphatic carbocycles. The third-order valence-electron chi connectivity index (χ3n) is 6.06. The summed E-state index contributed by atoms with van der Waals surface area (Å²) < 4.78 is 0. The second-order valence-electron chi connectivity index (χ2n) is 7.45. The Balaban J connectivity index is 0.00000120. The van der Waals surface area contributed by atoms with Gasteiger partial charge in [0.2, 0.25) is 0 Å². The molecule has 5 rings (SSSR count). The summed E-state index contributed by atoms with van der Waals surface area (Å²) in [4.78, 5) is 0. The van der Waals surface area contributed by atoms with Crippen LogP contribution in [0.4, 0.5) is 0 Å². The van der Waals surface area contributed by atoms with Crippen molar-refractivity contribution < 1.29 is 58.9 Å². The molecule has 0 saturated carbocycles. The molecule has 0 bridgehead atoms. The summed E-state index contributed by atoms with van der Waals surface area (Å²) in [6.45, 7) is 2.52. The second-order valence-corrected chi connectivity index (χ2v) is 11.6. The Bertz CT molecular complexity index is 1020. The number of hydrogen-bond acceptors (Lipinski definition) is 0. The Kier molecular flexibility index (Phi) is 10.3. The first-order chi connectivity index (χ1) is 13.3. The van der Waals surface area contributed by atoms with Gasteiger partial charge in [-0.2, -0.15) is 24.3 Å². The molecule has 4 aromatic rings. The molecule has 4 aromatic carbocycles. The zero-order chi connectivity index (χ0) is 18.3. The van der Waals surface area contributed by atoms with E-state index in [1.54, 1.807) is 0 Å². The summed E-state index contributed by atoms with van der Waals surface area (Å²) in [6.07, 6.45) is 0. The number of halogens is 3. The van der Waals surface area contributed by atoms with E-state index in [-0.39, 0.29) is 58.9 Å². The van der Waals surface area contributed by atoms with Gasteiger partial charge in [0.15, 0.2) is 0 Å². The molecule has 1 unspecified atom stereocenters. The number of rotatable bonds is 3. The number of fused-ring (bicyclic) bond motifs is 3. The normalized spacial score (nSPS) is 13.3. The van der Waals surface area contributed by atoms with Crippen molar-refractivity contribution in [1.29, 1.82) is 0 Å². The molecule has 0 fully saturated rings. The fourth-order valence-electron chi connectivity index (χ4n) is 4.74. The maximum atomic E-state index is 3.63. The zero-order valence-corrected chi connectivity index (χ0v) is 21.9. The third kappa shape index (κ3) is 4.59. The molecule has 0 aliphatic heterocycles. The third-order valence-corrected chi connectivity index (χ3v) is 10.9. The molecular formula is C26H21Cl3SiTi. The van der Waals surface area contributed by atoms with Gasteiger partial charge >= 0.3 is 21.7 Å². The minimum Gasteiger partial charge on any atom is -1.00 e. The molecule has 1 aliphatic rings. The summed E-state index contributed by atoms with van der Waals surface area (Å²) in [7, 11) is -2.10. The smallest absolute Gasteiger partial charge is 1.00 e. The summed E-state index contributed by atoms with van der Waals surface area (Å²) in [5.74, 6) is 0. The maximum Gasteiger partial charge on any atom is 4.00 e. The monoisotopic (exact) mass is 514 g/mol. The van der Waals surface area contributed by atoms with E-state index in [0.717, 1.165) is 0 Å². The van der Waals surface area contributed by atoms with Gasteiger partial charge in [-0.15, -0.1) is 11.1 Å². The van der Waals surface area contributed by atoms with E-state index in [4.69, 9.17) is 0 Å². The second kappa shape index (κ2) is 11.5. The van der Waals surface area contributed by atoms with E-state index in [2.05, 4.69) is 116 Å². The molecule has 0 aromatic heterocycles. The van der Waals surface area contributed by atoms with Crippen LogP contribution in [0.3, 0.4) is 0 Å². The molecule has 0 nitrogen and oxygen atoms in total. The molecule has 31 heavy (non-hydrogen) atoms. The van der Waals surface area contributed by atoms with Crippen molar-refractivity contribution in [3.8, 4) is 11.1 Å². The Morgan fingerprint density at radius 2 is 1.10 bits per heavy atom. The van der Waals surface area contributed by atoms with Crippen LogP contribution in [-0.2, 0) is 21.7 Å². The average molecular weight is 516 g/mol. The van der Waals surface area contributed by atoms with Crippen molar-refractivity contribution in [2.24, 2.45) is 0 Å². The fourth-order valence-corrected chi connectivity index (χ4v) is 9.20. The van der Waals surface area contributed by atoms with E-state index in [1.165, 1.54) is 32.6 Å². The Hall–Kier alpha value is -1.32. The first-order valence-corrected chi connectivity index (χ1v) is 12.1. The first-order valence-electron chi connectivity index (χ1n) is 9.51. The van der Waals surface area contributed by atoms with Crippen molar-refractivity contribution in [3.05, 3.63) is 120 Å². The van der Waals surface area contributed by atoms with Crippen molar-refractivity contribution in [2.75, 3.05) is 0 Å². The van der Waals surface area contributed by atoms with Gasteiger partial charge in [-0.25, -0.2) is 0 Å². The summed E-state index contributed by atoms with van der Waals surface area (Å²) >= 11 is 0. The largest absolute Gasteiger partial charge is 4.00 e. The molecule has 0 radical (unpaired) electrons. The zero-order valence-electron chi connectivity index (χ0n) is 17.0. The molecular weight excluding hydrogens is 495 g/mol. The standard InChI is InChI=1S/C26H21Si.3ClH.Ti/c1-27(20-12-4-2-5-13-20,21-14-6-3-7-15-21)26-24-18-10-8-16-22(24)23-17-9-11-19-25(23)26;;;;/h2-18,26H,1H3;3*1H;/q-1;;;;+4/p-3. The number of benzene rings is 4. The van der Waals surface area contributed by atoms with Crippen LogP contribution in [0.5, 0.6) is 0 Å². The van der Waals surface area contributed by atoms with Crippen LogP contribution in [0.15, 0.2) is 103 Å². The van der Waals surface area contributed by atoms with E-state index >= 15 is 0 Å². The SMILES string of the molecule is C[Si](c1ccccc1)(c1ccccc1)C1c2[c-]cccc2-c2ccccc21.[Cl-].[Cl-].[Cl-].[Ti+4]. The predicted octanol–water partition coefficient (Wildman–Crippen LogP) is -3.96. The minimum atomic E-state index is -2.10. The van der Waals surface area contributed by atoms with E-state index in [0.29, 0.717) is 5.54 Å². The van der Waals surface area contributed by atoms with E-state index in [1.807, 2.05) is 0 Å². The molecule has 0 amide bonds. The summed E-state index contributed by atoms with van der Waals surface area (Å²) in [6, 6.07) is 41.2. The van der Waals surface area contributed by atoms with Crippen LogP contribution < -0.4 is 47.6 Å². The van der Waals surface area contributed by atoms with Crippen LogP contribution in [0.25, 0.3) is 11.1 Å². The van der Waals surface area contributed by atoms with Gasteiger partial charge in [-0.3, -0.25) is 0 Å². The van der Waals surface area contributed by atoms with Gasteiger partial charge in [-0.1, -0.05) is 107 Å². The molecule has 0 N–H and O–H groups in total. The van der Waals surface area contributed by atoms with Gasteiger partial charge in [0.25, 0.3) is 0 Å². The predicted molar refractivity (Wildman–Crippen MR) is 116 cm³/mol. The Morgan fingerprint density at radius 3 is 1.68 bits per heavy atom. The molecule has 5 heteroatoms. The van der Waals surface area contributed by atoms with E-state index < -0.39 is 8.07 Å². The average Bonchev–Trinajstić information content (AvgIpc) is 3.09. The molecule has 0 heterocycles.